The van der Waals surface area contributed by atoms with Gasteiger partial charge in [0.15, 0.2) is 0 Å². The van der Waals surface area contributed by atoms with Gasteiger partial charge in [-0.1, -0.05) is 36.8 Å². The molecule has 2 aromatic rings. The molecular formula is C14H19N3. The molecule has 0 fully saturated rings. The number of aromatic nitrogens is 2. The van der Waals surface area contributed by atoms with Crippen molar-refractivity contribution in [2.75, 3.05) is 0 Å². The molecule has 0 aliphatic carbocycles. The lowest BCUT2D eigenvalue weighted by Crippen LogP contribution is -2.19. The molecule has 2 N–H and O–H groups in total. The quantitative estimate of drug-likeness (QED) is 0.827. The summed E-state index contributed by atoms with van der Waals surface area (Å²) in [5, 5.41) is 10.3. The van der Waals surface area contributed by atoms with Crippen molar-refractivity contribution in [3.05, 3.63) is 53.3 Å². The van der Waals surface area contributed by atoms with Crippen molar-refractivity contribution in [2.24, 2.45) is 0 Å². The van der Waals surface area contributed by atoms with Gasteiger partial charge in [-0.15, -0.1) is 0 Å². The largest absolute Gasteiger partial charge is 0.306 e. The monoisotopic (exact) mass is 229 g/mol. The highest BCUT2D eigenvalue weighted by molar-refractivity contribution is 5.24. The third kappa shape index (κ3) is 3.17. The fourth-order valence-corrected chi connectivity index (χ4v) is 1.91. The summed E-state index contributed by atoms with van der Waals surface area (Å²) in [5.74, 6) is 0. The topological polar surface area (TPSA) is 40.7 Å². The van der Waals surface area contributed by atoms with E-state index in [0.717, 1.165) is 13.0 Å². The molecule has 0 radical (unpaired) electrons. The fourth-order valence-electron chi connectivity index (χ4n) is 1.91. The van der Waals surface area contributed by atoms with Crippen LogP contribution in [0.3, 0.4) is 0 Å². The van der Waals surface area contributed by atoms with Crippen LogP contribution in [0.25, 0.3) is 0 Å². The summed E-state index contributed by atoms with van der Waals surface area (Å²) < 4.78 is 0. The van der Waals surface area contributed by atoms with Gasteiger partial charge in [-0.2, -0.15) is 5.10 Å². The van der Waals surface area contributed by atoms with Gasteiger partial charge in [0.1, 0.15) is 0 Å². The SMILES string of the molecule is CCC(NCc1cn[nH]c1)c1ccc(C)cc1. The van der Waals surface area contributed by atoms with Gasteiger partial charge in [-0.3, -0.25) is 5.10 Å². The van der Waals surface area contributed by atoms with Gasteiger partial charge in [0.2, 0.25) is 0 Å². The maximum atomic E-state index is 3.95. The lowest BCUT2D eigenvalue weighted by molar-refractivity contribution is 0.519. The van der Waals surface area contributed by atoms with E-state index in [1.54, 1.807) is 0 Å². The molecule has 2 rings (SSSR count). The molecule has 0 aliphatic rings. The molecule has 0 bridgehead atoms. The zero-order chi connectivity index (χ0) is 12.1. The first kappa shape index (κ1) is 11.9. The Morgan fingerprint density at radius 1 is 1.29 bits per heavy atom. The molecule has 0 amide bonds. The number of hydrogen-bond donors (Lipinski definition) is 2. The van der Waals surface area contributed by atoms with E-state index in [-0.39, 0.29) is 0 Å². The van der Waals surface area contributed by atoms with Gasteiger partial charge in [0, 0.05) is 24.3 Å². The Labute approximate surface area is 102 Å². The molecule has 1 aromatic heterocycles. The van der Waals surface area contributed by atoms with Crippen LogP contribution in [-0.4, -0.2) is 10.2 Å². The predicted molar refractivity (Wildman–Crippen MR) is 69.6 cm³/mol. The molecule has 0 aliphatic heterocycles. The predicted octanol–water partition coefficient (Wildman–Crippen LogP) is 2.96. The summed E-state index contributed by atoms with van der Waals surface area (Å²) in [6.45, 7) is 5.17. The first-order valence-corrected chi connectivity index (χ1v) is 6.07. The molecule has 1 atom stereocenters. The Bertz CT molecular complexity index is 431. The van der Waals surface area contributed by atoms with Gasteiger partial charge in [-0.05, 0) is 18.9 Å². The minimum atomic E-state index is 0.408. The van der Waals surface area contributed by atoms with Crippen molar-refractivity contribution in [3.8, 4) is 0 Å². The zero-order valence-corrected chi connectivity index (χ0v) is 10.4. The van der Waals surface area contributed by atoms with Crippen LogP contribution in [0.1, 0.15) is 36.1 Å². The fraction of sp³-hybridized carbons (Fsp3) is 0.357. The number of nitrogens with zero attached hydrogens (tertiary/aromatic N) is 1. The van der Waals surface area contributed by atoms with Crippen molar-refractivity contribution in [2.45, 2.75) is 32.9 Å². The second-order valence-corrected chi connectivity index (χ2v) is 4.36. The summed E-state index contributed by atoms with van der Waals surface area (Å²) in [7, 11) is 0. The molecule has 3 heteroatoms. The molecule has 0 saturated carbocycles. The maximum Gasteiger partial charge on any atom is 0.0532 e. The van der Waals surface area contributed by atoms with Gasteiger partial charge in [-0.25, -0.2) is 0 Å². The molecule has 1 unspecified atom stereocenters. The van der Waals surface area contributed by atoms with Gasteiger partial charge in [0.05, 0.1) is 6.20 Å². The number of rotatable bonds is 5. The van der Waals surface area contributed by atoms with E-state index in [4.69, 9.17) is 0 Å². The summed E-state index contributed by atoms with van der Waals surface area (Å²) >= 11 is 0. The van der Waals surface area contributed by atoms with Crippen LogP contribution >= 0.6 is 0 Å². The molecule has 1 heterocycles. The van der Waals surface area contributed by atoms with Crippen molar-refractivity contribution >= 4 is 0 Å². The number of aryl methyl sites for hydroxylation is 1. The zero-order valence-electron chi connectivity index (χ0n) is 10.4. The molecule has 90 valence electrons. The highest BCUT2D eigenvalue weighted by Crippen LogP contribution is 2.17. The third-order valence-corrected chi connectivity index (χ3v) is 3.00. The maximum absolute atomic E-state index is 3.95. The van der Waals surface area contributed by atoms with Crippen molar-refractivity contribution in [1.29, 1.82) is 0 Å². The van der Waals surface area contributed by atoms with E-state index >= 15 is 0 Å². The van der Waals surface area contributed by atoms with Crippen LogP contribution in [0.2, 0.25) is 0 Å². The Morgan fingerprint density at radius 3 is 2.65 bits per heavy atom. The van der Waals surface area contributed by atoms with E-state index in [1.165, 1.54) is 16.7 Å². The second-order valence-electron chi connectivity index (χ2n) is 4.36. The Balaban J connectivity index is 1.99. The summed E-state index contributed by atoms with van der Waals surface area (Å²) in [6.07, 6.45) is 4.87. The summed E-state index contributed by atoms with van der Waals surface area (Å²) in [5.41, 5.74) is 3.84. The average molecular weight is 229 g/mol. The van der Waals surface area contributed by atoms with Crippen LogP contribution in [0.5, 0.6) is 0 Å². The number of aromatic amines is 1. The number of nitrogens with one attached hydrogen (secondary N) is 2. The minimum Gasteiger partial charge on any atom is -0.306 e. The van der Waals surface area contributed by atoms with Crippen LogP contribution in [0.15, 0.2) is 36.7 Å². The Morgan fingerprint density at radius 2 is 2.06 bits per heavy atom. The van der Waals surface area contributed by atoms with E-state index < -0.39 is 0 Å². The number of H-pyrrole nitrogens is 1. The van der Waals surface area contributed by atoms with Gasteiger partial charge < -0.3 is 5.32 Å². The van der Waals surface area contributed by atoms with E-state index in [0.29, 0.717) is 6.04 Å². The first-order valence-electron chi connectivity index (χ1n) is 6.07. The van der Waals surface area contributed by atoms with Crippen molar-refractivity contribution < 1.29 is 0 Å². The van der Waals surface area contributed by atoms with Crippen LogP contribution in [0.4, 0.5) is 0 Å². The lowest BCUT2D eigenvalue weighted by atomic mass is 10.0. The first-order chi connectivity index (χ1) is 8.29. The normalized spacial score (nSPS) is 12.6. The molecule has 0 saturated heterocycles. The highest BCUT2D eigenvalue weighted by Gasteiger charge is 2.08. The standard InChI is InChI=1S/C14H19N3/c1-3-14(13-6-4-11(2)5-7-13)15-8-12-9-16-17-10-12/h4-7,9-10,14-15H,3,8H2,1-2H3,(H,16,17). The average Bonchev–Trinajstić information content (AvgIpc) is 2.85. The number of hydrogen-bond acceptors (Lipinski definition) is 2. The minimum absolute atomic E-state index is 0.408. The van der Waals surface area contributed by atoms with Crippen LogP contribution in [-0.2, 0) is 6.54 Å². The third-order valence-electron chi connectivity index (χ3n) is 3.00. The van der Waals surface area contributed by atoms with E-state index in [1.807, 2.05) is 12.4 Å². The van der Waals surface area contributed by atoms with E-state index in [2.05, 4.69) is 53.6 Å². The summed E-state index contributed by atoms with van der Waals surface area (Å²) in [6, 6.07) is 9.14. The smallest absolute Gasteiger partial charge is 0.0532 e. The Hall–Kier alpha value is -1.61. The molecular weight excluding hydrogens is 210 g/mol. The van der Waals surface area contributed by atoms with Gasteiger partial charge >= 0.3 is 0 Å². The molecule has 17 heavy (non-hydrogen) atoms. The van der Waals surface area contributed by atoms with E-state index in [9.17, 15) is 0 Å². The molecule has 3 nitrogen and oxygen atoms in total. The molecule has 1 aromatic carbocycles. The van der Waals surface area contributed by atoms with Crippen molar-refractivity contribution in [3.63, 3.8) is 0 Å². The van der Waals surface area contributed by atoms with Crippen LogP contribution < -0.4 is 5.32 Å². The van der Waals surface area contributed by atoms with Crippen LogP contribution in [0, 0.1) is 6.92 Å². The summed E-state index contributed by atoms with van der Waals surface area (Å²) in [4.78, 5) is 0. The van der Waals surface area contributed by atoms with Gasteiger partial charge in [0.25, 0.3) is 0 Å². The second kappa shape index (κ2) is 5.64. The number of benzene rings is 1. The lowest BCUT2D eigenvalue weighted by Gasteiger charge is -2.17. The van der Waals surface area contributed by atoms with Crippen molar-refractivity contribution in [1.82, 2.24) is 15.5 Å². The Kier molecular flexibility index (Phi) is 3.94. The molecule has 0 spiro atoms. The highest BCUT2D eigenvalue weighted by atomic mass is 15.1.